The second-order valence-electron chi connectivity index (χ2n) is 4.68. The lowest BCUT2D eigenvalue weighted by Gasteiger charge is -2.25. The Morgan fingerprint density at radius 3 is 2.78 bits per heavy atom. The Morgan fingerprint density at radius 2 is 2.17 bits per heavy atom. The van der Waals surface area contributed by atoms with E-state index in [1.165, 1.54) is 0 Å². The molecule has 0 saturated carbocycles. The number of ether oxygens (including phenoxy) is 1. The Balaban J connectivity index is 1.97. The van der Waals surface area contributed by atoms with E-state index in [9.17, 15) is 0 Å². The van der Waals surface area contributed by atoms with Crippen LogP contribution in [0.4, 0.5) is 5.69 Å². The average Bonchev–Trinajstić information content (AvgIpc) is 2.90. The summed E-state index contributed by atoms with van der Waals surface area (Å²) in [5.74, 6) is 0. The molecule has 4 heteroatoms. The van der Waals surface area contributed by atoms with E-state index in [1.54, 1.807) is 0 Å². The summed E-state index contributed by atoms with van der Waals surface area (Å²) in [6.45, 7) is 1.08. The zero-order valence-corrected chi connectivity index (χ0v) is 11.2. The normalized spacial score (nSPS) is 20.9. The van der Waals surface area contributed by atoms with Crippen molar-refractivity contribution < 1.29 is 9.84 Å². The molecule has 3 nitrogen and oxygen atoms in total. The second-order valence-corrected chi connectivity index (χ2v) is 5.11. The fourth-order valence-corrected chi connectivity index (χ4v) is 2.47. The van der Waals surface area contributed by atoms with E-state index in [0.29, 0.717) is 0 Å². The topological polar surface area (TPSA) is 41.5 Å². The number of halogens is 1. The highest BCUT2D eigenvalue weighted by molar-refractivity contribution is 6.30. The van der Waals surface area contributed by atoms with Crippen molar-refractivity contribution in [3.05, 3.63) is 29.3 Å². The first-order valence-electron chi connectivity index (χ1n) is 6.54. The van der Waals surface area contributed by atoms with E-state index in [1.807, 2.05) is 24.3 Å². The minimum absolute atomic E-state index is 0.228. The molecule has 1 saturated heterocycles. The van der Waals surface area contributed by atoms with Crippen molar-refractivity contribution in [2.75, 3.05) is 18.5 Å². The summed E-state index contributed by atoms with van der Waals surface area (Å²) in [5, 5.41) is 13.2. The zero-order chi connectivity index (χ0) is 12.8. The summed E-state index contributed by atoms with van der Waals surface area (Å²) >= 11 is 5.87. The molecule has 2 N–H and O–H groups in total. The minimum Gasteiger partial charge on any atom is -0.396 e. The van der Waals surface area contributed by atoms with Gasteiger partial charge in [0.1, 0.15) is 0 Å². The predicted molar refractivity (Wildman–Crippen MR) is 74.2 cm³/mol. The minimum atomic E-state index is 0.228. The van der Waals surface area contributed by atoms with Gasteiger partial charge in [0.05, 0.1) is 12.1 Å². The number of rotatable bonds is 6. The van der Waals surface area contributed by atoms with Gasteiger partial charge in [0, 0.05) is 23.9 Å². The summed E-state index contributed by atoms with van der Waals surface area (Å²) in [6, 6.07) is 7.97. The molecule has 2 unspecified atom stereocenters. The molecule has 0 radical (unpaired) electrons. The Hall–Kier alpha value is -0.770. The molecular weight excluding hydrogens is 250 g/mol. The van der Waals surface area contributed by atoms with Crippen molar-refractivity contribution >= 4 is 17.3 Å². The lowest BCUT2D eigenvalue weighted by molar-refractivity contribution is 0.0908. The zero-order valence-electron chi connectivity index (χ0n) is 10.4. The van der Waals surface area contributed by atoms with Gasteiger partial charge in [-0.3, -0.25) is 0 Å². The molecular formula is C14H20ClNO2. The Morgan fingerprint density at radius 1 is 1.39 bits per heavy atom. The number of hydrogen-bond acceptors (Lipinski definition) is 3. The third kappa shape index (κ3) is 3.87. The van der Waals surface area contributed by atoms with Gasteiger partial charge in [0.15, 0.2) is 0 Å². The lowest BCUT2D eigenvalue weighted by atomic mass is 10.0. The number of anilines is 1. The van der Waals surface area contributed by atoms with Crippen LogP contribution in [0.5, 0.6) is 0 Å². The van der Waals surface area contributed by atoms with Crippen LogP contribution in [0.2, 0.25) is 5.02 Å². The van der Waals surface area contributed by atoms with Crippen molar-refractivity contribution in [2.24, 2.45) is 0 Å². The fourth-order valence-electron chi connectivity index (χ4n) is 2.34. The third-order valence-corrected chi connectivity index (χ3v) is 3.54. The Kier molecular flexibility index (Phi) is 5.29. The maximum Gasteiger partial charge on any atom is 0.0776 e. The quantitative estimate of drug-likeness (QED) is 0.834. The van der Waals surface area contributed by atoms with Gasteiger partial charge in [0.2, 0.25) is 0 Å². The van der Waals surface area contributed by atoms with E-state index in [4.69, 9.17) is 21.4 Å². The maximum atomic E-state index is 8.97. The molecule has 100 valence electrons. The molecule has 1 aliphatic heterocycles. The number of aliphatic hydroxyl groups excluding tert-OH is 1. The first-order valence-corrected chi connectivity index (χ1v) is 6.92. The van der Waals surface area contributed by atoms with Crippen LogP contribution in [-0.4, -0.2) is 30.5 Å². The molecule has 1 heterocycles. The van der Waals surface area contributed by atoms with Crippen molar-refractivity contribution in [1.29, 1.82) is 0 Å². The van der Waals surface area contributed by atoms with Gasteiger partial charge in [-0.2, -0.15) is 0 Å². The van der Waals surface area contributed by atoms with Gasteiger partial charge < -0.3 is 15.2 Å². The number of hydrogen-bond donors (Lipinski definition) is 2. The number of nitrogens with one attached hydrogen (secondary N) is 1. The molecule has 1 fully saturated rings. The van der Waals surface area contributed by atoms with Crippen molar-refractivity contribution in [1.82, 2.24) is 0 Å². The molecule has 2 atom stereocenters. The summed E-state index contributed by atoms with van der Waals surface area (Å²) in [4.78, 5) is 0. The predicted octanol–water partition coefficient (Wildman–Crippen LogP) is 3.07. The highest BCUT2D eigenvalue weighted by atomic mass is 35.5. The molecule has 1 aromatic rings. The van der Waals surface area contributed by atoms with Crippen molar-refractivity contribution in [3.63, 3.8) is 0 Å². The van der Waals surface area contributed by atoms with E-state index in [-0.39, 0.29) is 18.8 Å². The first-order chi connectivity index (χ1) is 8.79. The highest BCUT2D eigenvalue weighted by Gasteiger charge is 2.25. The average molecular weight is 270 g/mol. The van der Waals surface area contributed by atoms with Crippen LogP contribution in [0, 0.1) is 0 Å². The van der Waals surface area contributed by atoms with Crippen molar-refractivity contribution in [2.45, 2.75) is 37.8 Å². The molecule has 0 spiro atoms. The molecule has 1 aliphatic rings. The largest absolute Gasteiger partial charge is 0.396 e. The van der Waals surface area contributed by atoms with Crippen LogP contribution in [0.3, 0.4) is 0 Å². The molecule has 0 bridgehead atoms. The molecule has 2 rings (SSSR count). The van der Waals surface area contributed by atoms with Gasteiger partial charge in [-0.05, 0) is 49.9 Å². The van der Waals surface area contributed by atoms with Crippen LogP contribution in [-0.2, 0) is 4.74 Å². The van der Waals surface area contributed by atoms with Gasteiger partial charge in [-0.15, -0.1) is 0 Å². The molecule has 0 aromatic heterocycles. The van der Waals surface area contributed by atoms with Crippen LogP contribution in [0.1, 0.15) is 25.7 Å². The van der Waals surface area contributed by atoms with E-state index < -0.39 is 0 Å². The number of aliphatic hydroxyl groups is 1. The van der Waals surface area contributed by atoms with Gasteiger partial charge in [-0.1, -0.05) is 11.6 Å². The van der Waals surface area contributed by atoms with Gasteiger partial charge in [-0.25, -0.2) is 0 Å². The number of benzene rings is 1. The smallest absolute Gasteiger partial charge is 0.0776 e. The van der Waals surface area contributed by atoms with Gasteiger partial charge in [0.25, 0.3) is 0 Å². The van der Waals surface area contributed by atoms with Crippen molar-refractivity contribution in [3.8, 4) is 0 Å². The Bertz CT molecular complexity index is 349. The van der Waals surface area contributed by atoms with Crippen LogP contribution in [0.25, 0.3) is 0 Å². The molecule has 0 aliphatic carbocycles. The molecule has 1 aromatic carbocycles. The van der Waals surface area contributed by atoms with E-state index in [0.717, 1.165) is 43.0 Å². The molecule has 0 amide bonds. The Labute approximate surface area is 113 Å². The highest BCUT2D eigenvalue weighted by Crippen LogP contribution is 2.23. The maximum absolute atomic E-state index is 8.97. The molecule has 18 heavy (non-hydrogen) atoms. The van der Waals surface area contributed by atoms with Crippen LogP contribution in [0.15, 0.2) is 24.3 Å². The van der Waals surface area contributed by atoms with E-state index >= 15 is 0 Å². The van der Waals surface area contributed by atoms with Crippen LogP contribution >= 0.6 is 11.6 Å². The standard InChI is InChI=1S/C14H20ClNO2/c15-11-5-7-12(8-6-11)16-13(3-1-9-17)14-4-2-10-18-14/h5-8,13-14,16-17H,1-4,9-10H2. The third-order valence-electron chi connectivity index (χ3n) is 3.28. The summed E-state index contributed by atoms with van der Waals surface area (Å²) in [7, 11) is 0. The fraction of sp³-hybridized carbons (Fsp3) is 0.571. The summed E-state index contributed by atoms with van der Waals surface area (Å²) < 4.78 is 5.74. The summed E-state index contributed by atoms with van der Waals surface area (Å²) in [6.07, 6.45) is 4.20. The van der Waals surface area contributed by atoms with E-state index in [2.05, 4.69) is 5.32 Å². The van der Waals surface area contributed by atoms with Crippen LogP contribution < -0.4 is 5.32 Å². The second kappa shape index (κ2) is 6.98. The lowest BCUT2D eigenvalue weighted by Crippen LogP contribution is -2.33. The monoisotopic (exact) mass is 269 g/mol. The summed E-state index contributed by atoms with van der Waals surface area (Å²) in [5.41, 5.74) is 1.05. The van der Waals surface area contributed by atoms with Gasteiger partial charge >= 0.3 is 0 Å². The first kappa shape index (κ1) is 13.7. The SMILES string of the molecule is OCCCC(Nc1ccc(Cl)cc1)C1CCCO1.